The molecule has 152 valence electrons. The molecule has 0 unspecified atom stereocenters. The van der Waals surface area contributed by atoms with Gasteiger partial charge in [0.25, 0.3) is 0 Å². The Kier molecular flexibility index (Phi) is 10.2. The zero-order valence-corrected chi connectivity index (χ0v) is 17.3. The van der Waals surface area contributed by atoms with Gasteiger partial charge in [-0.25, -0.2) is 4.99 Å². The summed E-state index contributed by atoms with van der Waals surface area (Å²) in [5, 5.41) is 6.67. The number of ether oxygens (including phenoxy) is 1. The summed E-state index contributed by atoms with van der Waals surface area (Å²) in [6, 6.07) is 8.89. The van der Waals surface area contributed by atoms with E-state index in [-0.39, 0.29) is 0 Å². The fourth-order valence-corrected chi connectivity index (χ4v) is 3.05. The number of likely N-dealkylation sites (N-methyl/N-ethyl adjacent to an activating group) is 1. The molecule has 0 bridgehead atoms. The topological polar surface area (TPSA) is 52.1 Å². The third kappa shape index (κ3) is 8.73. The second-order valence-electron chi connectivity index (χ2n) is 7.07. The predicted octanol–water partition coefficient (Wildman–Crippen LogP) is 1.92. The van der Waals surface area contributed by atoms with Crippen LogP contribution in [-0.2, 0) is 17.8 Å². The molecule has 1 aromatic carbocycles. The lowest BCUT2D eigenvalue weighted by Crippen LogP contribution is -2.43. The van der Waals surface area contributed by atoms with Crippen molar-refractivity contribution in [1.82, 2.24) is 20.4 Å². The Hall–Kier alpha value is -1.63. The van der Waals surface area contributed by atoms with Crippen molar-refractivity contribution in [1.29, 1.82) is 0 Å². The molecule has 1 aromatic rings. The monoisotopic (exact) mass is 375 g/mol. The third-order valence-corrected chi connectivity index (χ3v) is 4.75. The molecule has 0 atom stereocenters. The van der Waals surface area contributed by atoms with Crippen LogP contribution in [0.1, 0.15) is 31.4 Å². The fraction of sp³-hybridized carbons (Fsp3) is 0.667. The first-order valence-electron chi connectivity index (χ1n) is 10.3. The number of nitrogens with one attached hydrogen (secondary N) is 2. The average Bonchev–Trinajstić information content (AvgIpc) is 2.69. The second kappa shape index (κ2) is 12.7. The molecular weight excluding hydrogens is 338 g/mol. The summed E-state index contributed by atoms with van der Waals surface area (Å²) < 4.78 is 5.37. The first kappa shape index (κ1) is 21.7. The van der Waals surface area contributed by atoms with E-state index in [0.29, 0.717) is 6.54 Å². The van der Waals surface area contributed by atoms with E-state index in [9.17, 15) is 0 Å². The van der Waals surface area contributed by atoms with Crippen LogP contribution in [0.4, 0.5) is 0 Å². The van der Waals surface area contributed by atoms with Crippen LogP contribution in [0.25, 0.3) is 0 Å². The van der Waals surface area contributed by atoms with Gasteiger partial charge < -0.3 is 20.3 Å². The van der Waals surface area contributed by atoms with Gasteiger partial charge in [-0.3, -0.25) is 4.90 Å². The van der Waals surface area contributed by atoms with Crippen molar-refractivity contribution < 1.29 is 4.74 Å². The van der Waals surface area contributed by atoms with E-state index in [4.69, 9.17) is 9.73 Å². The highest BCUT2D eigenvalue weighted by Gasteiger charge is 2.13. The summed E-state index contributed by atoms with van der Waals surface area (Å²) in [4.78, 5) is 9.62. The van der Waals surface area contributed by atoms with Crippen molar-refractivity contribution in [2.24, 2.45) is 4.99 Å². The number of piperazine rings is 1. The van der Waals surface area contributed by atoms with Crippen LogP contribution < -0.4 is 10.6 Å². The Labute approximate surface area is 165 Å². The van der Waals surface area contributed by atoms with Crippen molar-refractivity contribution in [3.8, 4) is 0 Å². The van der Waals surface area contributed by atoms with Crippen LogP contribution in [0.5, 0.6) is 0 Å². The van der Waals surface area contributed by atoms with E-state index in [1.54, 1.807) is 0 Å². The Morgan fingerprint density at radius 2 is 1.74 bits per heavy atom. The van der Waals surface area contributed by atoms with Gasteiger partial charge in [0.2, 0.25) is 0 Å². The minimum atomic E-state index is 0.690. The van der Waals surface area contributed by atoms with Crippen LogP contribution >= 0.6 is 0 Å². The molecule has 27 heavy (non-hydrogen) atoms. The van der Waals surface area contributed by atoms with Crippen molar-refractivity contribution in [2.45, 2.75) is 33.4 Å². The van der Waals surface area contributed by atoms with Crippen molar-refractivity contribution in [3.63, 3.8) is 0 Å². The second-order valence-corrected chi connectivity index (χ2v) is 7.07. The van der Waals surface area contributed by atoms with E-state index in [1.807, 2.05) is 6.92 Å². The molecule has 1 aliphatic heterocycles. The highest BCUT2D eigenvalue weighted by molar-refractivity contribution is 5.79. The number of hydrogen-bond acceptors (Lipinski definition) is 4. The molecular formula is C21H37N5O. The molecule has 0 aromatic heterocycles. The average molecular weight is 376 g/mol. The first-order valence-corrected chi connectivity index (χ1v) is 10.3. The summed E-state index contributed by atoms with van der Waals surface area (Å²) in [5.41, 5.74) is 2.62. The standard InChI is InChI=1S/C21H37N5O/c1-4-22-21(23-11-6-16-27-5-2)24-17-19-7-9-20(10-8-19)18-26-14-12-25(3)13-15-26/h7-10H,4-6,11-18H2,1-3H3,(H2,22,23,24). The van der Waals surface area contributed by atoms with Gasteiger partial charge in [-0.2, -0.15) is 0 Å². The van der Waals surface area contributed by atoms with E-state index >= 15 is 0 Å². The van der Waals surface area contributed by atoms with Crippen molar-refractivity contribution >= 4 is 5.96 Å². The Balaban J connectivity index is 1.77. The molecule has 2 rings (SSSR count). The van der Waals surface area contributed by atoms with Gasteiger partial charge in [0.05, 0.1) is 6.54 Å². The molecule has 6 heteroatoms. The van der Waals surface area contributed by atoms with Crippen LogP contribution in [0, 0.1) is 0 Å². The lowest BCUT2D eigenvalue weighted by Gasteiger charge is -2.32. The normalized spacial score (nSPS) is 16.5. The lowest BCUT2D eigenvalue weighted by atomic mass is 10.1. The summed E-state index contributed by atoms with van der Waals surface area (Å²) in [5.74, 6) is 0.871. The Bertz CT molecular complexity index is 538. The van der Waals surface area contributed by atoms with Crippen LogP contribution in [-0.4, -0.2) is 75.3 Å². The minimum absolute atomic E-state index is 0.690. The molecule has 6 nitrogen and oxygen atoms in total. The molecule has 1 fully saturated rings. The van der Waals surface area contributed by atoms with Gasteiger partial charge >= 0.3 is 0 Å². The molecule has 1 aliphatic rings. The number of rotatable bonds is 10. The number of nitrogens with zero attached hydrogens (tertiary/aromatic N) is 3. The van der Waals surface area contributed by atoms with E-state index in [1.165, 1.54) is 11.1 Å². The lowest BCUT2D eigenvalue weighted by molar-refractivity contribution is 0.145. The maximum absolute atomic E-state index is 5.37. The van der Waals surface area contributed by atoms with Crippen LogP contribution in [0.2, 0.25) is 0 Å². The smallest absolute Gasteiger partial charge is 0.191 e. The largest absolute Gasteiger partial charge is 0.382 e. The quantitative estimate of drug-likeness (QED) is 0.372. The van der Waals surface area contributed by atoms with E-state index in [2.05, 4.69) is 58.7 Å². The summed E-state index contributed by atoms with van der Waals surface area (Å²) in [6.07, 6.45) is 0.985. The first-order chi connectivity index (χ1) is 13.2. The fourth-order valence-electron chi connectivity index (χ4n) is 3.05. The van der Waals surface area contributed by atoms with Crippen LogP contribution in [0.15, 0.2) is 29.3 Å². The molecule has 0 amide bonds. The van der Waals surface area contributed by atoms with E-state index in [0.717, 1.165) is 71.4 Å². The van der Waals surface area contributed by atoms with Crippen molar-refractivity contribution in [2.75, 3.05) is 59.5 Å². The third-order valence-electron chi connectivity index (χ3n) is 4.75. The summed E-state index contributed by atoms with van der Waals surface area (Å²) in [6.45, 7) is 13.8. The zero-order chi connectivity index (χ0) is 19.3. The summed E-state index contributed by atoms with van der Waals surface area (Å²) in [7, 11) is 2.20. The molecule has 0 spiro atoms. The summed E-state index contributed by atoms with van der Waals surface area (Å²) >= 11 is 0. The Morgan fingerprint density at radius 3 is 2.41 bits per heavy atom. The zero-order valence-electron chi connectivity index (χ0n) is 17.3. The number of hydrogen-bond donors (Lipinski definition) is 2. The van der Waals surface area contributed by atoms with Gasteiger partial charge in [-0.15, -0.1) is 0 Å². The van der Waals surface area contributed by atoms with Gasteiger partial charge in [0.15, 0.2) is 5.96 Å². The molecule has 1 heterocycles. The van der Waals surface area contributed by atoms with Crippen molar-refractivity contribution in [3.05, 3.63) is 35.4 Å². The molecule has 2 N–H and O–H groups in total. The maximum Gasteiger partial charge on any atom is 0.191 e. The SMILES string of the molecule is CCNC(=NCc1ccc(CN2CCN(C)CC2)cc1)NCCCOCC. The minimum Gasteiger partial charge on any atom is -0.382 e. The molecule has 0 saturated carbocycles. The Morgan fingerprint density at radius 1 is 1.04 bits per heavy atom. The highest BCUT2D eigenvalue weighted by Crippen LogP contribution is 2.10. The number of guanidine groups is 1. The maximum atomic E-state index is 5.37. The van der Waals surface area contributed by atoms with Crippen LogP contribution in [0.3, 0.4) is 0 Å². The van der Waals surface area contributed by atoms with Gasteiger partial charge in [-0.1, -0.05) is 24.3 Å². The van der Waals surface area contributed by atoms with Gasteiger partial charge in [0, 0.05) is 59.0 Å². The van der Waals surface area contributed by atoms with E-state index < -0.39 is 0 Å². The van der Waals surface area contributed by atoms with Gasteiger partial charge in [0.1, 0.15) is 0 Å². The van der Waals surface area contributed by atoms with Gasteiger partial charge in [-0.05, 0) is 38.4 Å². The number of benzene rings is 1. The molecule has 1 saturated heterocycles. The molecule has 0 radical (unpaired) electrons. The molecule has 0 aliphatic carbocycles. The number of aliphatic imine (C=N–C) groups is 1. The highest BCUT2D eigenvalue weighted by atomic mass is 16.5. The predicted molar refractivity (Wildman–Crippen MR) is 113 cm³/mol.